The van der Waals surface area contributed by atoms with Gasteiger partial charge < -0.3 is 5.73 Å². The molecule has 2 nitrogen and oxygen atoms in total. The largest absolute Gasteiger partial charge is 0.381 e. The lowest BCUT2D eigenvalue weighted by Gasteiger charge is -2.06. The standard InChI is InChI=1S/C11H6Cl3FN2/c12-7-1-5(2-8(13)10(7)14)6-3-9(15)11(16)17-4-6/h1-4H,(H2,16,17). The predicted molar refractivity (Wildman–Crippen MR) is 69.1 cm³/mol. The average Bonchev–Trinajstić information content (AvgIpc) is 2.29. The summed E-state index contributed by atoms with van der Waals surface area (Å²) in [5.74, 6) is -0.746. The molecule has 0 saturated carbocycles. The molecule has 0 unspecified atom stereocenters. The van der Waals surface area contributed by atoms with E-state index in [2.05, 4.69) is 4.98 Å². The van der Waals surface area contributed by atoms with Crippen LogP contribution in [-0.4, -0.2) is 4.98 Å². The minimum atomic E-state index is -0.593. The Hall–Kier alpha value is -1.03. The van der Waals surface area contributed by atoms with E-state index in [9.17, 15) is 4.39 Å². The molecule has 0 bridgehead atoms. The molecule has 0 atom stereocenters. The van der Waals surface area contributed by atoms with E-state index in [0.717, 1.165) is 0 Å². The number of nitrogen functional groups attached to an aromatic ring is 1. The summed E-state index contributed by atoms with van der Waals surface area (Å²) in [5, 5.41) is 0.860. The molecule has 0 radical (unpaired) electrons. The highest BCUT2D eigenvalue weighted by Gasteiger charge is 2.09. The van der Waals surface area contributed by atoms with Crippen molar-refractivity contribution in [2.24, 2.45) is 0 Å². The van der Waals surface area contributed by atoms with Crippen LogP contribution >= 0.6 is 34.8 Å². The first-order valence-corrected chi connectivity index (χ1v) is 5.68. The number of halogens is 4. The van der Waals surface area contributed by atoms with E-state index in [1.807, 2.05) is 0 Å². The first-order chi connectivity index (χ1) is 7.99. The number of aromatic nitrogens is 1. The summed E-state index contributed by atoms with van der Waals surface area (Å²) in [6.45, 7) is 0. The topological polar surface area (TPSA) is 38.9 Å². The zero-order valence-electron chi connectivity index (χ0n) is 8.35. The number of pyridine rings is 1. The van der Waals surface area contributed by atoms with Crippen molar-refractivity contribution in [3.63, 3.8) is 0 Å². The maximum Gasteiger partial charge on any atom is 0.165 e. The minimum absolute atomic E-state index is 0.153. The lowest BCUT2D eigenvalue weighted by molar-refractivity contribution is 0.628. The van der Waals surface area contributed by atoms with Crippen molar-refractivity contribution in [2.75, 3.05) is 5.73 Å². The summed E-state index contributed by atoms with van der Waals surface area (Å²) in [5.41, 5.74) is 6.44. The highest BCUT2D eigenvalue weighted by atomic mass is 35.5. The lowest BCUT2D eigenvalue weighted by atomic mass is 10.1. The van der Waals surface area contributed by atoms with Crippen molar-refractivity contribution in [2.45, 2.75) is 0 Å². The van der Waals surface area contributed by atoms with Crippen LogP contribution in [0.4, 0.5) is 10.2 Å². The molecule has 0 aliphatic carbocycles. The van der Waals surface area contributed by atoms with E-state index in [-0.39, 0.29) is 10.8 Å². The summed E-state index contributed by atoms with van der Waals surface area (Å²) >= 11 is 17.6. The van der Waals surface area contributed by atoms with Gasteiger partial charge in [0.15, 0.2) is 11.6 Å². The Bertz CT molecular complexity index is 564. The van der Waals surface area contributed by atoms with Gasteiger partial charge >= 0.3 is 0 Å². The number of nitrogens with two attached hydrogens (primary N) is 1. The SMILES string of the molecule is Nc1ncc(-c2cc(Cl)c(Cl)c(Cl)c2)cc1F. The molecule has 1 aromatic carbocycles. The van der Waals surface area contributed by atoms with Crippen molar-refractivity contribution in [1.29, 1.82) is 0 Å². The minimum Gasteiger partial charge on any atom is -0.381 e. The number of nitrogens with zero attached hydrogens (tertiary/aromatic N) is 1. The van der Waals surface area contributed by atoms with Gasteiger partial charge in [-0.2, -0.15) is 0 Å². The van der Waals surface area contributed by atoms with Gasteiger partial charge in [-0.3, -0.25) is 0 Å². The fraction of sp³-hybridized carbons (Fsp3) is 0. The van der Waals surface area contributed by atoms with E-state index < -0.39 is 5.82 Å². The van der Waals surface area contributed by atoms with Gasteiger partial charge in [0, 0.05) is 11.8 Å². The molecule has 0 amide bonds. The van der Waals surface area contributed by atoms with Crippen LogP contribution in [0.2, 0.25) is 15.1 Å². The van der Waals surface area contributed by atoms with Crippen molar-refractivity contribution in [3.8, 4) is 11.1 Å². The molecular formula is C11H6Cl3FN2. The first kappa shape index (κ1) is 12.4. The molecule has 0 aliphatic heterocycles. The van der Waals surface area contributed by atoms with Gasteiger partial charge in [-0.05, 0) is 23.8 Å². The molecule has 1 aromatic heterocycles. The number of benzene rings is 1. The Morgan fingerprint density at radius 1 is 1.00 bits per heavy atom. The molecule has 0 fully saturated rings. The van der Waals surface area contributed by atoms with Crippen LogP contribution < -0.4 is 5.73 Å². The highest BCUT2D eigenvalue weighted by molar-refractivity contribution is 6.48. The Balaban J connectivity index is 2.57. The highest BCUT2D eigenvalue weighted by Crippen LogP contribution is 2.35. The summed E-state index contributed by atoms with van der Waals surface area (Å²) < 4.78 is 13.3. The van der Waals surface area contributed by atoms with E-state index in [1.165, 1.54) is 12.3 Å². The third-order valence-corrected chi connectivity index (χ3v) is 3.38. The molecule has 2 rings (SSSR count). The molecule has 2 N–H and O–H groups in total. The van der Waals surface area contributed by atoms with Crippen LogP contribution in [0.5, 0.6) is 0 Å². The second-order valence-corrected chi connectivity index (χ2v) is 4.54. The third-order valence-electron chi connectivity index (χ3n) is 2.19. The van der Waals surface area contributed by atoms with Crippen LogP contribution in [0.25, 0.3) is 11.1 Å². The summed E-state index contributed by atoms with van der Waals surface area (Å²) in [4.78, 5) is 3.72. The van der Waals surface area contributed by atoms with Gasteiger partial charge in [0.2, 0.25) is 0 Å². The second kappa shape index (κ2) is 4.69. The van der Waals surface area contributed by atoms with Gasteiger partial charge in [0.25, 0.3) is 0 Å². The van der Waals surface area contributed by atoms with Crippen LogP contribution in [0, 0.1) is 5.82 Å². The predicted octanol–water partition coefficient (Wildman–Crippen LogP) is 4.43. The van der Waals surface area contributed by atoms with Crippen molar-refractivity contribution in [1.82, 2.24) is 4.98 Å². The number of rotatable bonds is 1. The zero-order chi connectivity index (χ0) is 12.6. The number of hydrogen-bond donors (Lipinski definition) is 1. The molecule has 2 aromatic rings. The number of hydrogen-bond acceptors (Lipinski definition) is 2. The average molecular weight is 292 g/mol. The van der Waals surface area contributed by atoms with E-state index in [4.69, 9.17) is 40.5 Å². The van der Waals surface area contributed by atoms with E-state index in [1.54, 1.807) is 12.1 Å². The molecular weight excluding hydrogens is 285 g/mol. The van der Waals surface area contributed by atoms with Crippen LogP contribution in [0.1, 0.15) is 0 Å². The normalized spacial score (nSPS) is 10.6. The summed E-state index contributed by atoms with van der Waals surface area (Å²) in [7, 11) is 0. The van der Waals surface area contributed by atoms with Gasteiger partial charge in [-0.25, -0.2) is 9.37 Å². The van der Waals surface area contributed by atoms with E-state index in [0.29, 0.717) is 21.2 Å². The Labute approximate surface area is 112 Å². The Morgan fingerprint density at radius 3 is 2.12 bits per heavy atom. The maximum absolute atomic E-state index is 13.3. The van der Waals surface area contributed by atoms with Crippen molar-refractivity contribution in [3.05, 3.63) is 45.3 Å². The van der Waals surface area contributed by atoms with E-state index >= 15 is 0 Å². The van der Waals surface area contributed by atoms with Crippen LogP contribution in [0.15, 0.2) is 24.4 Å². The quantitative estimate of drug-likeness (QED) is 0.789. The smallest absolute Gasteiger partial charge is 0.165 e. The Morgan fingerprint density at radius 2 is 1.59 bits per heavy atom. The van der Waals surface area contributed by atoms with Gasteiger partial charge in [-0.1, -0.05) is 34.8 Å². The molecule has 88 valence electrons. The molecule has 1 heterocycles. The van der Waals surface area contributed by atoms with Crippen molar-refractivity contribution >= 4 is 40.6 Å². The fourth-order valence-corrected chi connectivity index (χ4v) is 1.92. The third kappa shape index (κ3) is 2.46. The van der Waals surface area contributed by atoms with Crippen molar-refractivity contribution < 1.29 is 4.39 Å². The van der Waals surface area contributed by atoms with Crippen LogP contribution in [0.3, 0.4) is 0 Å². The molecule has 0 saturated heterocycles. The first-order valence-electron chi connectivity index (χ1n) is 4.55. The van der Waals surface area contributed by atoms with Gasteiger partial charge in [0.1, 0.15) is 0 Å². The Kier molecular flexibility index (Phi) is 3.43. The molecule has 17 heavy (non-hydrogen) atoms. The van der Waals surface area contributed by atoms with Gasteiger partial charge in [0.05, 0.1) is 15.1 Å². The fourth-order valence-electron chi connectivity index (χ4n) is 1.33. The summed E-state index contributed by atoms with van der Waals surface area (Å²) in [6.07, 6.45) is 1.44. The van der Waals surface area contributed by atoms with Crippen LogP contribution in [-0.2, 0) is 0 Å². The maximum atomic E-state index is 13.3. The molecule has 0 aliphatic rings. The summed E-state index contributed by atoms with van der Waals surface area (Å²) in [6, 6.07) is 4.43. The lowest BCUT2D eigenvalue weighted by Crippen LogP contribution is -1.94. The monoisotopic (exact) mass is 290 g/mol. The molecule has 0 spiro atoms. The number of anilines is 1. The second-order valence-electron chi connectivity index (χ2n) is 3.34. The molecule has 6 heteroatoms. The zero-order valence-corrected chi connectivity index (χ0v) is 10.6. The van der Waals surface area contributed by atoms with Gasteiger partial charge in [-0.15, -0.1) is 0 Å².